The van der Waals surface area contributed by atoms with E-state index in [0.29, 0.717) is 5.92 Å². The molecular formula is C24H35N3O4. The Morgan fingerprint density at radius 3 is 2.45 bits per heavy atom. The van der Waals surface area contributed by atoms with E-state index in [2.05, 4.69) is 23.1 Å². The Morgan fingerprint density at radius 1 is 1.00 bits per heavy atom. The van der Waals surface area contributed by atoms with Crippen LogP contribution in [-0.2, 0) is 17.6 Å². The van der Waals surface area contributed by atoms with Crippen LogP contribution in [0.1, 0.15) is 49.7 Å². The van der Waals surface area contributed by atoms with Gasteiger partial charge in [-0.25, -0.2) is 4.79 Å². The molecule has 0 radical (unpaired) electrons. The van der Waals surface area contributed by atoms with Crippen molar-refractivity contribution < 1.29 is 19.8 Å². The van der Waals surface area contributed by atoms with Crippen LogP contribution < -0.4 is 4.90 Å². The molecule has 2 N–H and O–H groups in total. The molecule has 1 saturated carbocycles. The zero-order valence-electron chi connectivity index (χ0n) is 18.3. The second-order valence-corrected chi connectivity index (χ2v) is 9.25. The Kier molecular flexibility index (Phi) is 7.13. The molecule has 2 heterocycles. The van der Waals surface area contributed by atoms with E-state index in [4.69, 9.17) is 5.11 Å². The highest BCUT2D eigenvalue weighted by atomic mass is 16.4. The molecular weight excluding hydrogens is 394 g/mol. The zero-order valence-corrected chi connectivity index (χ0v) is 18.3. The van der Waals surface area contributed by atoms with Crippen LogP contribution >= 0.6 is 0 Å². The molecule has 0 atom stereocenters. The molecule has 0 spiro atoms. The first-order chi connectivity index (χ1) is 15.0. The zero-order chi connectivity index (χ0) is 21.8. The lowest BCUT2D eigenvalue weighted by Crippen LogP contribution is -2.41. The van der Waals surface area contributed by atoms with Crippen LogP contribution in [0, 0.1) is 5.92 Å². The second kappa shape index (κ2) is 10.0. The molecule has 2 aliphatic heterocycles. The normalized spacial score (nSPS) is 24.9. The Balaban J connectivity index is 1.35. The Bertz CT molecular complexity index is 791. The van der Waals surface area contributed by atoms with E-state index in [1.165, 1.54) is 11.1 Å². The van der Waals surface area contributed by atoms with E-state index in [0.717, 1.165) is 83.4 Å². The summed E-state index contributed by atoms with van der Waals surface area (Å²) in [4.78, 5) is 30.3. The average Bonchev–Trinajstić information content (AvgIpc) is 3.04. The predicted octanol–water partition coefficient (Wildman–Crippen LogP) is 2.75. The molecule has 3 aliphatic rings. The summed E-state index contributed by atoms with van der Waals surface area (Å²) < 4.78 is 0. The molecule has 2 fully saturated rings. The van der Waals surface area contributed by atoms with Crippen LogP contribution in [0.15, 0.2) is 18.2 Å². The van der Waals surface area contributed by atoms with Crippen molar-refractivity contribution >= 4 is 17.7 Å². The number of benzene rings is 1. The van der Waals surface area contributed by atoms with Gasteiger partial charge < -0.3 is 20.0 Å². The van der Waals surface area contributed by atoms with Crippen LogP contribution in [0.4, 0.5) is 10.5 Å². The molecule has 0 aromatic heterocycles. The van der Waals surface area contributed by atoms with E-state index in [9.17, 15) is 14.7 Å². The molecule has 0 bridgehead atoms. The summed E-state index contributed by atoms with van der Waals surface area (Å²) in [7, 11) is 0. The first-order valence-electron chi connectivity index (χ1n) is 11.8. The van der Waals surface area contributed by atoms with Gasteiger partial charge in [-0.2, -0.15) is 0 Å². The van der Waals surface area contributed by atoms with Crippen LogP contribution in [-0.4, -0.2) is 77.4 Å². The van der Waals surface area contributed by atoms with Crippen molar-refractivity contribution in [1.82, 2.24) is 9.80 Å². The highest BCUT2D eigenvalue weighted by Gasteiger charge is 2.36. The summed E-state index contributed by atoms with van der Waals surface area (Å²) in [5, 5.41) is 18.1. The number of carbonyl (C=O) groups excluding carboxylic acids is 1. The van der Waals surface area contributed by atoms with Gasteiger partial charge >= 0.3 is 12.0 Å². The lowest BCUT2D eigenvalue weighted by atomic mass is 9.83. The number of aliphatic hydroxyl groups is 1. The maximum Gasteiger partial charge on any atom is 0.324 e. The molecule has 1 aromatic rings. The van der Waals surface area contributed by atoms with Gasteiger partial charge in [0.25, 0.3) is 0 Å². The summed E-state index contributed by atoms with van der Waals surface area (Å²) in [6, 6.07) is 6.86. The van der Waals surface area contributed by atoms with Crippen LogP contribution in [0.2, 0.25) is 0 Å². The minimum Gasteiger partial charge on any atom is -0.481 e. The fourth-order valence-electron chi connectivity index (χ4n) is 5.50. The van der Waals surface area contributed by atoms with Gasteiger partial charge in [-0.1, -0.05) is 6.07 Å². The van der Waals surface area contributed by atoms with Crippen molar-refractivity contribution in [2.45, 2.75) is 57.4 Å². The lowest BCUT2D eigenvalue weighted by Gasteiger charge is -2.34. The first-order valence-corrected chi connectivity index (χ1v) is 11.8. The third-order valence-corrected chi connectivity index (χ3v) is 7.38. The number of urea groups is 1. The van der Waals surface area contributed by atoms with Gasteiger partial charge in [0.2, 0.25) is 0 Å². The number of carbonyl (C=O) groups is 2. The van der Waals surface area contributed by atoms with E-state index in [1.807, 2.05) is 9.80 Å². The molecule has 4 rings (SSSR count). The third-order valence-electron chi connectivity index (χ3n) is 7.38. The van der Waals surface area contributed by atoms with E-state index < -0.39 is 5.97 Å². The van der Waals surface area contributed by atoms with Crippen molar-refractivity contribution in [3.8, 4) is 0 Å². The standard InChI is InChI=1S/C24H35N3O4/c28-16-15-25-11-9-19-4-7-22(17-20(19)10-12-25)27-14-13-26(24(27)31)21-5-1-18(2-6-21)3-8-23(29)30/h4,7,17-18,21,28H,1-3,5-6,8-16H2,(H,29,30). The highest BCUT2D eigenvalue weighted by Crippen LogP contribution is 2.33. The summed E-state index contributed by atoms with van der Waals surface area (Å²) in [5.74, 6) is -0.231. The highest BCUT2D eigenvalue weighted by molar-refractivity contribution is 5.94. The number of aliphatic hydroxyl groups excluding tert-OH is 1. The van der Waals surface area contributed by atoms with E-state index >= 15 is 0 Å². The van der Waals surface area contributed by atoms with Crippen molar-refractivity contribution in [2.24, 2.45) is 5.92 Å². The van der Waals surface area contributed by atoms with Gasteiger partial charge in [-0.05, 0) is 74.1 Å². The smallest absolute Gasteiger partial charge is 0.324 e. The number of amides is 2. The number of anilines is 1. The van der Waals surface area contributed by atoms with E-state index in [1.54, 1.807) is 0 Å². The minimum absolute atomic E-state index is 0.115. The van der Waals surface area contributed by atoms with Crippen molar-refractivity contribution in [3.05, 3.63) is 29.3 Å². The largest absolute Gasteiger partial charge is 0.481 e. The number of nitrogens with zero attached hydrogens (tertiary/aromatic N) is 3. The first kappa shape index (κ1) is 22.1. The molecule has 7 heteroatoms. The molecule has 1 saturated heterocycles. The number of hydrogen-bond acceptors (Lipinski definition) is 4. The van der Waals surface area contributed by atoms with Crippen molar-refractivity contribution in [2.75, 3.05) is 44.2 Å². The lowest BCUT2D eigenvalue weighted by molar-refractivity contribution is -0.137. The van der Waals surface area contributed by atoms with Gasteiger partial charge in [0.15, 0.2) is 0 Å². The molecule has 31 heavy (non-hydrogen) atoms. The second-order valence-electron chi connectivity index (χ2n) is 9.25. The summed E-state index contributed by atoms with van der Waals surface area (Å²) in [6.07, 6.45) is 6.95. The van der Waals surface area contributed by atoms with Crippen LogP contribution in [0.25, 0.3) is 0 Å². The number of β-amino-alcohol motifs (C(OH)–C–C–N with tert-alkyl or cyclic N) is 1. The third kappa shape index (κ3) is 5.21. The molecule has 170 valence electrons. The maximum atomic E-state index is 13.2. The molecule has 2 amide bonds. The minimum atomic E-state index is -0.714. The van der Waals surface area contributed by atoms with Crippen molar-refractivity contribution in [3.63, 3.8) is 0 Å². The Morgan fingerprint density at radius 2 is 1.74 bits per heavy atom. The quantitative estimate of drug-likeness (QED) is 0.696. The van der Waals surface area contributed by atoms with E-state index in [-0.39, 0.29) is 25.1 Å². The fourth-order valence-corrected chi connectivity index (χ4v) is 5.50. The monoisotopic (exact) mass is 429 g/mol. The van der Waals surface area contributed by atoms with Crippen LogP contribution in [0.3, 0.4) is 0 Å². The van der Waals surface area contributed by atoms with Gasteiger partial charge in [-0.15, -0.1) is 0 Å². The number of aliphatic carboxylic acids is 1. The number of carboxylic acid groups (broad SMARTS) is 1. The SMILES string of the molecule is O=C(O)CCC1CCC(N2CCN(c3ccc4c(c3)CCN(CCO)CC4)C2=O)CC1. The molecule has 1 aliphatic carbocycles. The van der Waals surface area contributed by atoms with Crippen LogP contribution in [0.5, 0.6) is 0 Å². The van der Waals surface area contributed by atoms with Gasteiger partial charge in [0, 0.05) is 50.9 Å². The van der Waals surface area contributed by atoms with Gasteiger partial charge in [-0.3, -0.25) is 9.69 Å². The Hall–Kier alpha value is -2.12. The number of rotatable bonds is 7. The number of carboxylic acids is 1. The number of fused-ring (bicyclic) bond motifs is 1. The van der Waals surface area contributed by atoms with Crippen molar-refractivity contribution in [1.29, 1.82) is 0 Å². The summed E-state index contributed by atoms with van der Waals surface area (Å²) in [5.41, 5.74) is 3.67. The van der Waals surface area contributed by atoms with Gasteiger partial charge in [0.1, 0.15) is 0 Å². The topological polar surface area (TPSA) is 84.3 Å². The summed E-state index contributed by atoms with van der Waals surface area (Å²) >= 11 is 0. The number of hydrogen-bond donors (Lipinski definition) is 2. The maximum absolute atomic E-state index is 13.2. The predicted molar refractivity (Wildman–Crippen MR) is 119 cm³/mol. The van der Waals surface area contributed by atoms with Gasteiger partial charge in [0.05, 0.1) is 6.61 Å². The average molecular weight is 430 g/mol. The summed E-state index contributed by atoms with van der Waals surface area (Å²) in [6.45, 7) is 4.33. The molecule has 0 unspecified atom stereocenters. The molecule has 7 nitrogen and oxygen atoms in total. The Labute approximate surface area is 184 Å². The fraction of sp³-hybridized carbons (Fsp3) is 0.667. The molecule has 1 aromatic carbocycles.